The highest BCUT2D eigenvalue weighted by molar-refractivity contribution is 5.85. The minimum Gasteiger partial charge on any atom is -0.369 e. The van der Waals surface area contributed by atoms with Crippen LogP contribution in [0.1, 0.15) is 16.8 Å². The molecule has 2 N–H and O–H groups in total. The van der Waals surface area contributed by atoms with Crippen LogP contribution in [0, 0.1) is 6.92 Å². The fourth-order valence-corrected chi connectivity index (χ4v) is 3.61. The first-order valence-corrected chi connectivity index (χ1v) is 9.47. The summed E-state index contributed by atoms with van der Waals surface area (Å²) in [6.45, 7) is 2.09. The van der Waals surface area contributed by atoms with E-state index in [4.69, 9.17) is 0 Å². The highest BCUT2D eigenvalue weighted by atomic mass is 19.4. The Labute approximate surface area is 178 Å². The van der Waals surface area contributed by atoms with Crippen LogP contribution in [0.25, 0.3) is 22.2 Å². The van der Waals surface area contributed by atoms with Gasteiger partial charge in [0.25, 0.3) is 5.60 Å². The Morgan fingerprint density at radius 1 is 0.906 bits per heavy atom. The molecule has 4 aromatic rings. The largest absolute Gasteiger partial charge is 0.430 e. The second-order valence-corrected chi connectivity index (χ2v) is 7.54. The molecular formula is C22H17F6N3O. The summed E-state index contributed by atoms with van der Waals surface area (Å²) in [6, 6.07) is 13.1. The number of fused-ring (bicyclic) bond motifs is 1. The van der Waals surface area contributed by atoms with Crippen LogP contribution in [0.3, 0.4) is 0 Å². The molecule has 0 saturated heterocycles. The summed E-state index contributed by atoms with van der Waals surface area (Å²) in [5, 5.41) is 17.4. The summed E-state index contributed by atoms with van der Waals surface area (Å²) in [5.41, 5.74) is -2.25. The van der Waals surface area contributed by atoms with Crippen molar-refractivity contribution in [2.75, 3.05) is 0 Å². The topological polar surface area (TPSA) is 53.8 Å². The molecule has 0 radical (unpaired) electrons. The van der Waals surface area contributed by atoms with Gasteiger partial charge in [0.1, 0.15) is 0 Å². The number of nitrogens with zero attached hydrogens (tertiary/aromatic N) is 2. The van der Waals surface area contributed by atoms with Gasteiger partial charge < -0.3 is 9.67 Å². The number of rotatable bonds is 4. The lowest BCUT2D eigenvalue weighted by molar-refractivity contribution is -0.376. The molecule has 0 fully saturated rings. The van der Waals surface area contributed by atoms with E-state index >= 15 is 0 Å². The number of hydrogen-bond donors (Lipinski definition) is 2. The first-order chi connectivity index (χ1) is 14.9. The zero-order valence-corrected chi connectivity index (χ0v) is 16.6. The lowest BCUT2D eigenvalue weighted by Gasteiger charge is -2.32. The predicted molar refractivity (Wildman–Crippen MR) is 106 cm³/mol. The van der Waals surface area contributed by atoms with E-state index in [0.717, 1.165) is 40.0 Å². The first-order valence-electron chi connectivity index (χ1n) is 9.47. The number of aliphatic hydroxyl groups is 1. The Morgan fingerprint density at radius 2 is 1.56 bits per heavy atom. The minimum absolute atomic E-state index is 0.225. The SMILES string of the molecule is Cc1cc(-c2ccc3c(ccn3Cc3ccc(C(O)(C(F)(F)F)C(F)(F)F)cc3)c2)[nH]n1. The number of aromatic nitrogens is 3. The van der Waals surface area contributed by atoms with Gasteiger partial charge in [-0.15, -0.1) is 0 Å². The average Bonchev–Trinajstić information content (AvgIpc) is 3.32. The molecule has 10 heteroatoms. The maximum absolute atomic E-state index is 13.0. The highest BCUT2D eigenvalue weighted by Gasteiger charge is 2.71. The van der Waals surface area contributed by atoms with Crippen LogP contribution in [0.4, 0.5) is 26.3 Å². The van der Waals surface area contributed by atoms with Gasteiger partial charge in [0.05, 0.1) is 11.4 Å². The van der Waals surface area contributed by atoms with Crippen LogP contribution in [0.15, 0.2) is 60.8 Å². The van der Waals surface area contributed by atoms with Crippen molar-refractivity contribution in [2.24, 2.45) is 0 Å². The van der Waals surface area contributed by atoms with E-state index in [1.54, 1.807) is 6.20 Å². The Hall–Kier alpha value is -3.27. The lowest BCUT2D eigenvalue weighted by atomic mass is 9.91. The van der Waals surface area contributed by atoms with Gasteiger partial charge in [-0.25, -0.2) is 0 Å². The van der Waals surface area contributed by atoms with Crippen LogP contribution in [-0.4, -0.2) is 32.2 Å². The number of hydrogen-bond acceptors (Lipinski definition) is 2. The Bertz CT molecular complexity index is 1240. The van der Waals surface area contributed by atoms with Gasteiger partial charge in [-0.1, -0.05) is 30.3 Å². The van der Waals surface area contributed by atoms with Crippen LogP contribution in [-0.2, 0) is 12.1 Å². The van der Waals surface area contributed by atoms with Crippen LogP contribution >= 0.6 is 0 Å². The third-order valence-electron chi connectivity index (χ3n) is 5.33. The number of alkyl halides is 6. The van der Waals surface area contributed by atoms with Crippen LogP contribution in [0.2, 0.25) is 0 Å². The molecule has 0 aliphatic carbocycles. The van der Waals surface area contributed by atoms with E-state index in [0.29, 0.717) is 17.7 Å². The molecule has 0 aliphatic heterocycles. The Kier molecular flexibility index (Phi) is 5.08. The summed E-state index contributed by atoms with van der Waals surface area (Å²) in [6.07, 6.45) is -10.0. The molecule has 0 unspecified atom stereocenters. The third kappa shape index (κ3) is 3.64. The van der Waals surface area contributed by atoms with Gasteiger partial charge >= 0.3 is 12.4 Å². The highest BCUT2D eigenvalue weighted by Crippen LogP contribution is 2.50. The fourth-order valence-electron chi connectivity index (χ4n) is 3.61. The summed E-state index contributed by atoms with van der Waals surface area (Å²) >= 11 is 0. The molecule has 0 aliphatic rings. The normalized spacial score (nSPS) is 13.1. The fraction of sp³-hybridized carbons (Fsp3) is 0.227. The standard InChI is InChI=1S/C22H17F6N3O/c1-13-10-18(30-29-13)15-4-7-19-16(11-15)8-9-31(19)12-14-2-5-17(6-3-14)20(32,21(23,24)25)22(26,27)28/h2-11,32H,12H2,1H3,(H,29,30). The maximum atomic E-state index is 13.0. The van der Waals surface area contributed by atoms with Gasteiger partial charge in [0.2, 0.25) is 0 Å². The molecule has 0 saturated carbocycles. The monoisotopic (exact) mass is 453 g/mol. The summed E-state index contributed by atoms with van der Waals surface area (Å²) in [4.78, 5) is 0. The van der Waals surface area contributed by atoms with Gasteiger partial charge in [0.15, 0.2) is 0 Å². The van der Waals surface area contributed by atoms with E-state index in [9.17, 15) is 31.4 Å². The van der Waals surface area contributed by atoms with E-state index in [2.05, 4.69) is 10.2 Å². The molecule has 0 amide bonds. The van der Waals surface area contributed by atoms with Gasteiger partial charge in [-0.3, -0.25) is 5.10 Å². The third-order valence-corrected chi connectivity index (χ3v) is 5.33. The van der Waals surface area contributed by atoms with Crippen molar-refractivity contribution < 1.29 is 31.4 Å². The zero-order chi connectivity index (χ0) is 23.3. The number of nitrogens with one attached hydrogen (secondary N) is 1. The molecule has 0 bridgehead atoms. The van der Waals surface area contributed by atoms with Gasteiger partial charge in [0, 0.05) is 34.8 Å². The molecule has 2 aromatic carbocycles. The van der Waals surface area contributed by atoms with Crippen molar-refractivity contribution in [3.05, 3.63) is 77.6 Å². The minimum atomic E-state index is -5.91. The van der Waals surface area contributed by atoms with Gasteiger partial charge in [-0.05, 0) is 36.8 Å². The molecule has 0 spiro atoms. The smallest absolute Gasteiger partial charge is 0.369 e. The molecule has 32 heavy (non-hydrogen) atoms. The molecule has 4 rings (SSSR count). The molecule has 2 heterocycles. The molecule has 0 atom stereocenters. The molecule has 2 aromatic heterocycles. The Balaban J connectivity index is 1.61. The van der Waals surface area contributed by atoms with E-state index in [1.807, 2.05) is 41.8 Å². The average molecular weight is 453 g/mol. The van der Waals surface area contributed by atoms with Crippen molar-refractivity contribution in [1.29, 1.82) is 0 Å². The van der Waals surface area contributed by atoms with Crippen molar-refractivity contribution in [3.8, 4) is 11.3 Å². The molecular weight excluding hydrogens is 436 g/mol. The number of aromatic amines is 1. The van der Waals surface area contributed by atoms with Crippen molar-refractivity contribution in [3.63, 3.8) is 0 Å². The number of aryl methyl sites for hydroxylation is 1. The number of benzene rings is 2. The number of halogens is 6. The zero-order valence-electron chi connectivity index (χ0n) is 16.6. The Morgan fingerprint density at radius 3 is 2.12 bits per heavy atom. The lowest BCUT2D eigenvalue weighted by Crippen LogP contribution is -2.53. The van der Waals surface area contributed by atoms with Crippen LogP contribution < -0.4 is 0 Å². The predicted octanol–water partition coefficient (Wildman–Crippen LogP) is 5.70. The maximum Gasteiger partial charge on any atom is 0.430 e. The van der Waals surface area contributed by atoms with Crippen LogP contribution in [0.5, 0.6) is 0 Å². The van der Waals surface area contributed by atoms with E-state index < -0.39 is 23.5 Å². The summed E-state index contributed by atoms with van der Waals surface area (Å²) in [7, 11) is 0. The second kappa shape index (κ2) is 7.40. The molecule has 168 valence electrons. The second-order valence-electron chi connectivity index (χ2n) is 7.54. The van der Waals surface area contributed by atoms with E-state index in [-0.39, 0.29) is 6.54 Å². The quantitative estimate of drug-likeness (QED) is 0.390. The number of H-pyrrole nitrogens is 1. The summed E-state index contributed by atoms with van der Waals surface area (Å²) in [5.74, 6) is 0. The van der Waals surface area contributed by atoms with Gasteiger partial charge in [-0.2, -0.15) is 31.4 Å². The molecule has 4 nitrogen and oxygen atoms in total. The first kappa shape index (κ1) is 21.9. The van der Waals surface area contributed by atoms with Crippen molar-refractivity contribution in [2.45, 2.75) is 31.4 Å². The van der Waals surface area contributed by atoms with E-state index in [1.165, 1.54) is 0 Å². The van der Waals surface area contributed by atoms with Crippen molar-refractivity contribution >= 4 is 10.9 Å². The van der Waals surface area contributed by atoms with Crippen molar-refractivity contribution in [1.82, 2.24) is 14.8 Å². The summed E-state index contributed by atoms with van der Waals surface area (Å²) < 4.78 is 80.1.